The van der Waals surface area contributed by atoms with Crippen molar-refractivity contribution in [2.45, 2.75) is 10.9 Å². The molecule has 0 bridgehead atoms. The smallest absolute Gasteiger partial charge is 0.352 e. The first-order valence-corrected chi connectivity index (χ1v) is 7.47. The van der Waals surface area contributed by atoms with E-state index in [1.54, 1.807) is 0 Å². The molecule has 1 amide bonds. The summed E-state index contributed by atoms with van der Waals surface area (Å²) >= 11 is 0. The van der Waals surface area contributed by atoms with Gasteiger partial charge in [-0.2, -0.15) is 4.31 Å². The molecule has 116 valence electrons. The number of carbonyl (C=O) groups is 2. The van der Waals surface area contributed by atoms with Crippen molar-refractivity contribution in [3.63, 3.8) is 0 Å². The zero-order chi connectivity index (χ0) is 15.8. The van der Waals surface area contributed by atoms with Crippen LogP contribution in [0.15, 0.2) is 17.2 Å². The van der Waals surface area contributed by atoms with Gasteiger partial charge in [0.2, 0.25) is 15.9 Å². The minimum atomic E-state index is -4.02. The van der Waals surface area contributed by atoms with Gasteiger partial charge >= 0.3 is 5.97 Å². The van der Waals surface area contributed by atoms with E-state index in [1.165, 1.54) is 17.8 Å². The van der Waals surface area contributed by atoms with Crippen LogP contribution >= 0.6 is 0 Å². The molecule has 21 heavy (non-hydrogen) atoms. The van der Waals surface area contributed by atoms with Crippen molar-refractivity contribution in [1.82, 2.24) is 8.87 Å². The first-order valence-electron chi connectivity index (χ1n) is 6.03. The molecule has 1 atom stereocenters. The number of ether oxygens (including phenoxy) is 1. The summed E-state index contributed by atoms with van der Waals surface area (Å²) < 4.78 is 32.3. The zero-order valence-corrected chi connectivity index (χ0v) is 12.0. The topological polar surface area (TPSA) is 132 Å². The predicted octanol–water partition coefficient (Wildman–Crippen LogP) is -1.40. The first kappa shape index (κ1) is 15.5. The molecule has 1 aromatic heterocycles. The van der Waals surface area contributed by atoms with E-state index in [1.807, 2.05) is 0 Å². The maximum atomic E-state index is 12.5. The Morgan fingerprint density at radius 2 is 2.14 bits per heavy atom. The number of hydrogen-bond donors (Lipinski definition) is 2. The third-order valence-electron chi connectivity index (χ3n) is 3.21. The summed E-state index contributed by atoms with van der Waals surface area (Å²) in [6.07, 6.45) is 1.19. The van der Waals surface area contributed by atoms with Gasteiger partial charge in [-0.25, -0.2) is 13.2 Å². The molecule has 10 heteroatoms. The lowest BCUT2D eigenvalue weighted by atomic mass is 10.3. The molecule has 1 saturated heterocycles. The lowest BCUT2D eigenvalue weighted by molar-refractivity contribution is -0.125. The Kier molecular flexibility index (Phi) is 4.03. The van der Waals surface area contributed by atoms with E-state index >= 15 is 0 Å². The second-order valence-corrected chi connectivity index (χ2v) is 6.48. The number of carbonyl (C=O) groups excluding carboxylic acids is 1. The molecule has 0 radical (unpaired) electrons. The van der Waals surface area contributed by atoms with Crippen LogP contribution in [0.25, 0.3) is 0 Å². The highest BCUT2D eigenvalue weighted by atomic mass is 32.2. The van der Waals surface area contributed by atoms with E-state index in [2.05, 4.69) is 0 Å². The van der Waals surface area contributed by atoms with Gasteiger partial charge in [0, 0.05) is 19.8 Å². The van der Waals surface area contributed by atoms with Gasteiger partial charge in [-0.05, 0) is 6.07 Å². The average molecular weight is 317 g/mol. The Hall–Kier alpha value is -1.91. The van der Waals surface area contributed by atoms with Crippen molar-refractivity contribution >= 4 is 21.9 Å². The van der Waals surface area contributed by atoms with Crippen molar-refractivity contribution in [2.24, 2.45) is 12.8 Å². The van der Waals surface area contributed by atoms with E-state index < -0.39 is 27.9 Å². The summed E-state index contributed by atoms with van der Waals surface area (Å²) in [5, 5.41) is 8.97. The van der Waals surface area contributed by atoms with Gasteiger partial charge in [0.25, 0.3) is 0 Å². The Balaban J connectivity index is 2.43. The summed E-state index contributed by atoms with van der Waals surface area (Å²) in [5.41, 5.74) is 5.02. The van der Waals surface area contributed by atoms with Gasteiger partial charge in [-0.1, -0.05) is 0 Å². The van der Waals surface area contributed by atoms with Crippen LogP contribution in [0, 0.1) is 0 Å². The van der Waals surface area contributed by atoms with Gasteiger partial charge in [0.1, 0.15) is 16.6 Å². The highest BCUT2D eigenvalue weighted by Gasteiger charge is 2.38. The molecule has 3 N–H and O–H groups in total. The number of aryl methyl sites for hydroxylation is 1. The normalized spacial score (nSPS) is 20.3. The van der Waals surface area contributed by atoms with Crippen LogP contribution in [0.4, 0.5) is 0 Å². The van der Waals surface area contributed by atoms with Crippen molar-refractivity contribution < 1.29 is 27.9 Å². The number of carboxylic acids is 1. The Labute approximate surface area is 120 Å². The molecule has 0 saturated carbocycles. The van der Waals surface area contributed by atoms with Crippen LogP contribution in [0.1, 0.15) is 10.5 Å². The molecule has 1 fully saturated rings. The molecule has 1 aliphatic rings. The van der Waals surface area contributed by atoms with Crippen molar-refractivity contribution in [3.8, 4) is 0 Å². The van der Waals surface area contributed by atoms with Crippen LogP contribution in [0.3, 0.4) is 0 Å². The SMILES string of the molecule is Cn1cc(S(=O)(=O)N2CCOCC2C(N)=O)cc1C(=O)O. The second-order valence-electron chi connectivity index (χ2n) is 4.59. The van der Waals surface area contributed by atoms with Gasteiger partial charge in [0.05, 0.1) is 13.2 Å². The average Bonchev–Trinajstić information content (AvgIpc) is 2.81. The Morgan fingerprint density at radius 3 is 2.67 bits per heavy atom. The maximum Gasteiger partial charge on any atom is 0.352 e. The number of morpholine rings is 1. The molecule has 2 rings (SSSR count). The number of hydrogen-bond acceptors (Lipinski definition) is 5. The fourth-order valence-electron chi connectivity index (χ4n) is 2.12. The Bertz CT molecular complexity index is 680. The van der Waals surface area contributed by atoms with E-state index in [9.17, 15) is 18.0 Å². The van der Waals surface area contributed by atoms with E-state index in [0.29, 0.717) is 0 Å². The first-order chi connectivity index (χ1) is 9.75. The van der Waals surface area contributed by atoms with E-state index in [-0.39, 0.29) is 30.3 Å². The highest BCUT2D eigenvalue weighted by molar-refractivity contribution is 7.89. The number of sulfonamides is 1. The largest absolute Gasteiger partial charge is 0.477 e. The number of nitrogens with two attached hydrogens (primary N) is 1. The molecular formula is C11H15N3O6S. The molecule has 2 heterocycles. The van der Waals surface area contributed by atoms with Gasteiger partial charge in [-0.15, -0.1) is 0 Å². The number of carboxylic acid groups (broad SMARTS) is 1. The lowest BCUT2D eigenvalue weighted by Gasteiger charge is -2.32. The third-order valence-corrected chi connectivity index (χ3v) is 5.09. The minimum absolute atomic E-state index is 0.0206. The molecule has 1 aromatic rings. The molecule has 0 aliphatic carbocycles. The highest BCUT2D eigenvalue weighted by Crippen LogP contribution is 2.22. The van der Waals surface area contributed by atoms with Crippen molar-refractivity contribution in [1.29, 1.82) is 0 Å². The van der Waals surface area contributed by atoms with E-state index in [4.69, 9.17) is 15.6 Å². The molecular weight excluding hydrogens is 302 g/mol. The number of aromatic nitrogens is 1. The quantitative estimate of drug-likeness (QED) is 0.702. The molecule has 9 nitrogen and oxygen atoms in total. The number of rotatable bonds is 4. The summed E-state index contributed by atoms with van der Waals surface area (Å²) in [5.74, 6) is -2.06. The number of primary amides is 1. The number of amides is 1. The molecule has 0 spiro atoms. The minimum Gasteiger partial charge on any atom is -0.477 e. The van der Waals surface area contributed by atoms with Gasteiger partial charge < -0.3 is 20.1 Å². The summed E-state index contributed by atoms with van der Waals surface area (Å²) in [6.45, 7) is 0.00204. The van der Waals surface area contributed by atoms with Crippen LogP contribution < -0.4 is 5.73 Å². The molecule has 1 aliphatic heterocycles. The molecule has 1 unspecified atom stereocenters. The molecule has 0 aromatic carbocycles. The number of nitrogens with zero attached hydrogens (tertiary/aromatic N) is 2. The predicted molar refractivity (Wildman–Crippen MR) is 70.1 cm³/mol. The van der Waals surface area contributed by atoms with E-state index in [0.717, 1.165) is 10.4 Å². The van der Waals surface area contributed by atoms with Gasteiger partial charge in [0.15, 0.2) is 0 Å². The maximum absolute atomic E-state index is 12.5. The zero-order valence-electron chi connectivity index (χ0n) is 11.2. The fourth-order valence-corrected chi connectivity index (χ4v) is 3.76. The fraction of sp³-hybridized carbons (Fsp3) is 0.455. The van der Waals surface area contributed by atoms with Crippen LogP contribution in [0.2, 0.25) is 0 Å². The summed E-state index contributed by atoms with van der Waals surface area (Å²) in [4.78, 5) is 22.1. The summed E-state index contributed by atoms with van der Waals surface area (Å²) in [7, 11) is -2.60. The van der Waals surface area contributed by atoms with Crippen LogP contribution in [0.5, 0.6) is 0 Å². The van der Waals surface area contributed by atoms with Crippen LogP contribution in [-0.4, -0.2) is 60.1 Å². The number of aromatic carboxylic acids is 1. The lowest BCUT2D eigenvalue weighted by Crippen LogP contribution is -2.54. The van der Waals surface area contributed by atoms with Crippen molar-refractivity contribution in [3.05, 3.63) is 18.0 Å². The second kappa shape index (κ2) is 5.47. The van der Waals surface area contributed by atoms with Gasteiger partial charge in [-0.3, -0.25) is 4.79 Å². The van der Waals surface area contributed by atoms with Crippen molar-refractivity contribution in [2.75, 3.05) is 19.8 Å². The Morgan fingerprint density at radius 1 is 1.48 bits per heavy atom. The van der Waals surface area contributed by atoms with Crippen LogP contribution in [-0.2, 0) is 26.6 Å². The third kappa shape index (κ3) is 2.77. The monoisotopic (exact) mass is 317 g/mol. The standard InChI is InChI=1S/C11H15N3O6S/c1-13-5-7(4-8(13)11(16)17)21(18,19)14-2-3-20-6-9(14)10(12)15/h4-5,9H,2-3,6H2,1H3,(H2,12,15)(H,16,17). The summed E-state index contributed by atoms with van der Waals surface area (Å²) in [6, 6.07) is -0.0530.